The first-order chi connectivity index (χ1) is 11.5. The number of imide groups is 1. The number of rotatable bonds is 2. The molecule has 0 radical (unpaired) electrons. The Morgan fingerprint density at radius 1 is 1.04 bits per heavy atom. The minimum atomic E-state index is -1.24. The van der Waals surface area contributed by atoms with E-state index < -0.39 is 11.6 Å². The zero-order valence-corrected chi connectivity index (χ0v) is 14.4. The van der Waals surface area contributed by atoms with Crippen molar-refractivity contribution >= 4 is 38.8 Å². The standard InChI is InChI=1S/C18H14BrN3O2/c1-22-10-14(13-4-2-3-5-15(13)22)18(16(23)20-17(24)21-18)11-6-8-12(19)9-7-11/h2-10H,1H3,(H2,20,21,23,24). The molecular weight excluding hydrogens is 370 g/mol. The van der Waals surface area contributed by atoms with E-state index in [0.29, 0.717) is 5.56 Å². The maximum absolute atomic E-state index is 12.8. The second kappa shape index (κ2) is 5.21. The lowest BCUT2D eigenvalue weighted by molar-refractivity contribution is -0.122. The summed E-state index contributed by atoms with van der Waals surface area (Å²) in [6.45, 7) is 0. The molecule has 1 unspecified atom stereocenters. The molecule has 2 aromatic carbocycles. The third-order valence-electron chi connectivity index (χ3n) is 4.45. The predicted molar refractivity (Wildman–Crippen MR) is 94.5 cm³/mol. The van der Waals surface area contributed by atoms with Gasteiger partial charge in [0.2, 0.25) is 0 Å². The van der Waals surface area contributed by atoms with E-state index >= 15 is 0 Å². The van der Waals surface area contributed by atoms with Gasteiger partial charge in [-0.1, -0.05) is 46.3 Å². The largest absolute Gasteiger partial charge is 0.350 e. The number of hydrogen-bond acceptors (Lipinski definition) is 2. The Hall–Kier alpha value is -2.60. The number of amides is 3. The highest BCUT2D eigenvalue weighted by Gasteiger charge is 2.50. The van der Waals surface area contributed by atoms with Gasteiger partial charge in [0, 0.05) is 34.2 Å². The lowest BCUT2D eigenvalue weighted by atomic mass is 9.82. The van der Waals surface area contributed by atoms with Crippen LogP contribution in [0.25, 0.3) is 10.9 Å². The topological polar surface area (TPSA) is 63.1 Å². The van der Waals surface area contributed by atoms with E-state index in [1.54, 1.807) is 0 Å². The Kier molecular flexibility index (Phi) is 3.25. The van der Waals surface area contributed by atoms with E-state index in [0.717, 1.165) is 20.9 Å². The monoisotopic (exact) mass is 383 g/mol. The van der Waals surface area contributed by atoms with Gasteiger partial charge in [0.25, 0.3) is 5.91 Å². The van der Waals surface area contributed by atoms with Crippen LogP contribution in [-0.4, -0.2) is 16.5 Å². The van der Waals surface area contributed by atoms with Gasteiger partial charge < -0.3 is 9.88 Å². The normalized spacial score (nSPS) is 20.2. The number of aromatic nitrogens is 1. The Bertz CT molecular complexity index is 978. The maximum Gasteiger partial charge on any atom is 0.322 e. The number of nitrogens with one attached hydrogen (secondary N) is 2. The summed E-state index contributed by atoms with van der Waals surface area (Å²) in [5.41, 5.74) is 1.23. The van der Waals surface area contributed by atoms with Crippen LogP contribution in [0.15, 0.2) is 59.2 Å². The van der Waals surface area contributed by atoms with E-state index in [4.69, 9.17) is 0 Å². The fourth-order valence-corrected chi connectivity index (χ4v) is 3.61. The smallest absolute Gasteiger partial charge is 0.322 e. The summed E-state index contributed by atoms with van der Waals surface area (Å²) in [7, 11) is 1.93. The summed E-state index contributed by atoms with van der Waals surface area (Å²) in [6.07, 6.45) is 1.90. The van der Waals surface area contributed by atoms with Gasteiger partial charge in [0.05, 0.1) is 0 Å². The number of para-hydroxylation sites is 1. The number of urea groups is 1. The molecule has 5 nitrogen and oxygen atoms in total. The van der Waals surface area contributed by atoms with Gasteiger partial charge in [-0.3, -0.25) is 10.1 Å². The van der Waals surface area contributed by atoms with Crippen molar-refractivity contribution in [2.45, 2.75) is 5.54 Å². The van der Waals surface area contributed by atoms with Crippen molar-refractivity contribution in [3.63, 3.8) is 0 Å². The van der Waals surface area contributed by atoms with Crippen molar-refractivity contribution in [1.82, 2.24) is 15.2 Å². The lowest BCUT2D eigenvalue weighted by Crippen LogP contribution is -2.44. The molecule has 3 amide bonds. The molecule has 0 aliphatic carbocycles. The zero-order chi connectivity index (χ0) is 16.9. The third kappa shape index (κ3) is 1.99. The predicted octanol–water partition coefficient (Wildman–Crippen LogP) is 3.02. The molecule has 0 spiro atoms. The molecule has 1 aliphatic heterocycles. The Morgan fingerprint density at radius 2 is 1.75 bits per heavy atom. The van der Waals surface area contributed by atoms with Gasteiger partial charge in [-0.25, -0.2) is 4.79 Å². The number of carbonyl (C=O) groups excluding carboxylic acids is 2. The van der Waals surface area contributed by atoms with E-state index in [-0.39, 0.29) is 5.91 Å². The highest BCUT2D eigenvalue weighted by atomic mass is 79.9. The van der Waals surface area contributed by atoms with Gasteiger partial charge >= 0.3 is 6.03 Å². The summed E-state index contributed by atoms with van der Waals surface area (Å²) >= 11 is 3.41. The van der Waals surface area contributed by atoms with Gasteiger partial charge in [-0.05, 0) is 23.8 Å². The van der Waals surface area contributed by atoms with Crippen molar-refractivity contribution in [2.75, 3.05) is 0 Å². The number of carbonyl (C=O) groups is 2. The van der Waals surface area contributed by atoms with Gasteiger partial charge in [0.1, 0.15) is 0 Å². The molecule has 0 saturated carbocycles. The van der Waals surface area contributed by atoms with Gasteiger partial charge in [-0.15, -0.1) is 0 Å². The van der Waals surface area contributed by atoms with Crippen LogP contribution >= 0.6 is 15.9 Å². The van der Waals surface area contributed by atoms with E-state index in [1.165, 1.54) is 0 Å². The number of nitrogens with zero attached hydrogens (tertiary/aromatic N) is 1. The molecule has 6 heteroatoms. The maximum atomic E-state index is 12.8. The number of benzene rings is 2. The van der Waals surface area contributed by atoms with Gasteiger partial charge in [0.15, 0.2) is 5.54 Å². The highest BCUT2D eigenvalue weighted by Crippen LogP contribution is 2.38. The zero-order valence-electron chi connectivity index (χ0n) is 12.8. The molecule has 1 fully saturated rings. The van der Waals surface area contributed by atoms with Crippen molar-refractivity contribution in [3.8, 4) is 0 Å². The van der Waals surface area contributed by atoms with E-state index in [9.17, 15) is 9.59 Å². The summed E-state index contributed by atoms with van der Waals surface area (Å²) in [6, 6.07) is 14.7. The van der Waals surface area contributed by atoms with Crippen molar-refractivity contribution < 1.29 is 9.59 Å². The van der Waals surface area contributed by atoms with Crippen LogP contribution in [0, 0.1) is 0 Å². The molecule has 1 aromatic heterocycles. The minimum absolute atomic E-state index is 0.369. The molecule has 1 saturated heterocycles. The van der Waals surface area contributed by atoms with Crippen LogP contribution in [-0.2, 0) is 17.4 Å². The van der Waals surface area contributed by atoms with Crippen LogP contribution in [0.1, 0.15) is 11.1 Å². The van der Waals surface area contributed by atoms with Crippen LogP contribution in [0.2, 0.25) is 0 Å². The number of halogens is 1. The molecule has 1 aliphatic rings. The van der Waals surface area contributed by atoms with Crippen LogP contribution in [0.5, 0.6) is 0 Å². The third-order valence-corrected chi connectivity index (χ3v) is 4.98. The average molecular weight is 384 g/mol. The molecule has 2 heterocycles. The second-order valence-electron chi connectivity index (χ2n) is 5.84. The van der Waals surface area contributed by atoms with Crippen LogP contribution < -0.4 is 10.6 Å². The molecule has 1 atom stereocenters. The quantitative estimate of drug-likeness (QED) is 0.668. The highest BCUT2D eigenvalue weighted by molar-refractivity contribution is 9.10. The summed E-state index contributed by atoms with van der Waals surface area (Å²) in [5.74, 6) is -0.369. The summed E-state index contributed by atoms with van der Waals surface area (Å²) in [4.78, 5) is 24.8. The van der Waals surface area contributed by atoms with Crippen LogP contribution in [0.4, 0.5) is 4.79 Å². The average Bonchev–Trinajstić information content (AvgIpc) is 3.06. The number of aryl methyl sites for hydroxylation is 1. The first kappa shape index (κ1) is 15.0. The summed E-state index contributed by atoms with van der Waals surface area (Å²) in [5, 5.41) is 6.16. The van der Waals surface area contributed by atoms with Crippen LogP contribution in [0.3, 0.4) is 0 Å². The fraction of sp³-hybridized carbons (Fsp3) is 0.111. The Morgan fingerprint density at radius 3 is 2.42 bits per heavy atom. The van der Waals surface area contributed by atoms with E-state index in [1.807, 2.05) is 66.3 Å². The Balaban J connectivity index is 2.05. The van der Waals surface area contributed by atoms with Crippen molar-refractivity contribution in [2.24, 2.45) is 7.05 Å². The molecular formula is C18H14BrN3O2. The molecule has 3 aromatic rings. The minimum Gasteiger partial charge on any atom is -0.350 e. The molecule has 2 N–H and O–H groups in total. The number of hydrogen-bond donors (Lipinski definition) is 2. The molecule has 120 valence electrons. The molecule has 4 rings (SSSR count). The lowest BCUT2D eigenvalue weighted by Gasteiger charge is -2.26. The molecule has 24 heavy (non-hydrogen) atoms. The first-order valence-electron chi connectivity index (χ1n) is 7.46. The van der Waals surface area contributed by atoms with Crippen molar-refractivity contribution in [3.05, 3.63) is 70.3 Å². The van der Waals surface area contributed by atoms with E-state index in [2.05, 4.69) is 26.6 Å². The fourth-order valence-electron chi connectivity index (χ4n) is 3.34. The first-order valence-corrected chi connectivity index (χ1v) is 8.26. The Labute approximate surface area is 146 Å². The number of fused-ring (bicyclic) bond motifs is 1. The SMILES string of the molecule is Cn1cc(C2(c3ccc(Br)cc3)NC(=O)NC2=O)c2ccccc21. The summed E-state index contributed by atoms with van der Waals surface area (Å²) < 4.78 is 2.87. The van der Waals surface area contributed by atoms with Crippen molar-refractivity contribution in [1.29, 1.82) is 0 Å². The van der Waals surface area contributed by atoms with Gasteiger partial charge in [-0.2, -0.15) is 0 Å². The second-order valence-corrected chi connectivity index (χ2v) is 6.75. The molecule has 0 bridgehead atoms.